The van der Waals surface area contributed by atoms with Crippen LogP contribution in [-0.2, 0) is 19.9 Å². The number of nitrogens with zero attached hydrogens (tertiary/aromatic N) is 2. The van der Waals surface area contributed by atoms with E-state index >= 15 is 0 Å². The van der Waals surface area contributed by atoms with Crippen LogP contribution in [0.15, 0.2) is 6.07 Å². The van der Waals surface area contributed by atoms with Gasteiger partial charge in [0.1, 0.15) is 0 Å². The molecule has 0 saturated heterocycles. The summed E-state index contributed by atoms with van der Waals surface area (Å²) in [6.45, 7) is 5.45. The van der Waals surface area contributed by atoms with Crippen LogP contribution in [0.1, 0.15) is 63.8 Å². The molecule has 1 saturated carbocycles. The maximum atomic E-state index is 4.57. The van der Waals surface area contributed by atoms with Crippen LogP contribution < -0.4 is 5.32 Å². The average Bonchev–Trinajstić information content (AvgIpc) is 3.06. The fraction of sp³-hybridized carbons (Fsp3) is 0.824. The Labute approximate surface area is 124 Å². The number of nitrogens with one attached hydrogen (secondary N) is 1. The van der Waals surface area contributed by atoms with Crippen molar-refractivity contribution in [1.82, 2.24) is 15.1 Å². The molecule has 1 fully saturated rings. The Bertz CT molecular complexity index is 391. The maximum Gasteiger partial charge on any atom is 0.0624 e. The lowest BCUT2D eigenvalue weighted by atomic mass is 9.96. The van der Waals surface area contributed by atoms with Gasteiger partial charge in [-0.25, -0.2) is 0 Å². The smallest absolute Gasteiger partial charge is 0.0624 e. The highest BCUT2D eigenvalue weighted by Gasteiger charge is 2.18. The highest BCUT2D eigenvalue weighted by Crippen LogP contribution is 2.29. The van der Waals surface area contributed by atoms with Crippen LogP contribution in [0, 0.1) is 5.92 Å². The zero-order valence-corrected chi connectivity index (χ0v) is 13.5. The van der Waals surface area contributed by atoms with E-state index in [0.717, 1.165) is 25.3 Å². The molecule has 0 bridgehead atoms. The molecule has 1 heterocycles. The van der Waals surface area contributed by atoms with Gasteiger partial charge in [0.25, 0.3) is 0 Å². The van der Waals surface area contributed by atoms with E-state index in [1.54, 1.807) is 0 Å². The van der Waals surface area contributed by atoms with Crippen LogP contribution in [-0.4, -0.2) is 22.4 Å². The molecule has 1 aromatic heterocycles. The third kappa shape index (κ3) is 4.34. The topological polar surface area (TPSA) is 29.9 Å². The van der Waals surface area contributed by atoms with E-state index in [1.165, 1.54) is 49.9 Å². The molecule has 3 heteroatoms. The largest absolute Gasteiger partial charge is 0.314 e. The van der Waals surface area contributed by atoms with Gasteiger partial charge in [-0.3, -0.25) is 4.68 Å². The quantitative estimate of drug-likeness (QED) is 0.788. The van der Waals surface area contributed by atoms with Crippen LogP contribution in [0.4, 0.5) is 0 Å². The van der Waals surface area contributed by atoms with Crippen LogP contribution in [0.3, 0.4) is 0 Å². The van der Waals surface area contributed by atoms with Crippen molar-refractivity contribution < 1.29 is 0 Å². The van der Waals surface area contributed by atoms with Gasteiger partial charge in [0.15, 0.2) is 0 Å². The van der Waals surface area contributed by atoms with Gasteiger partial charge in [0, 0.05) is 25.2 Å². The first kappa shape index (κ1) is 15.6. The zero-order valence-electron chi connectivity index (χ0n) is 13.5. The average molecular weight is 277 g/mol. The lowest BCUT2D eigenvalue weighted by Gasteiger charge is -2.19. The molecule has 0 spiro atoms. The Morgan fingerprint density at radius 2 is 2.10 bits per heavy atom. The number of aryl methyl sites for hydroxylation is 2. The van der Waals surface area contributed by atoms with Crippen LogP contribution in [0.2, 0.25) is 0 Å². The molecular formula is C17H31N3. The number of hydrogen-bond acceptors (Lipinski definition) is 2. The second-order valence-electron chi connectivity index (χ2n) is 6.29. The van der Waals surface area contributed by atoms with Crippen LogP contribution >= 0.6 is 0 Å². The molecule has 0 amide bonds. The van der Waals surface area contributed by atoms with Crippen molar-refractivity contribution in [2.45, 2.75) is 71.3 Å². The number of aromatic nitrogens is 2. The minimum atomic E-state index is 0.612. The Morgan fingerprint density at radius 3 is 2.70 bits per heavy atom. The molecule has 1 aliphatic rings. The third-order valence-electron chi connectivity index (χ3n) is 4.74. The van der Waals surface area contributed by atoms with Gasteiger partial charge in [0.2, 0.25) is 0 Å². The van der Waals surface area contributed by atoms with Gasteiger partial charge < -0.3 is 5.32 Å². The molecule has 1 aromatic rings. The number of hydrogen-bond donors (Lipinski definition) is 1. The Hall–Kier alpha value is -0.830. The lowest BCUT2D eigenvalue weighted by Crippen LogP contribution is -2.32. The summed E-state index contributed by atoms with van der Waals surface area (Å²) in [6, 6.07) is 2.89. The molecule has 20 heavy (non-hydrogen) atoms. The molecule has 1 unspecified atom stereocenters. The van der Waals surface area contributed by atoms with E-state index in [0.29, 0.717) is 6.04 Å². The number of likely N-dealkylation sites (N-methyl/N-ethyl adjacent to an activating group) is 1. The molecule has 3 nitrogen and oxygen atoms in total. The van der Waals surface area contributed by atoms with E-state index in [-0.39, 0.29) is 0 Å². The van der Waals surface area contributed by atoms with Crippen molar-refractivity contribution in [3.63, 3.8) is 0 Å². The van der Waals surface area contributed by atoms with E-state index in [9.17, 15) is 0 Å². The molecule has 0 aliphatic heterocycles. The minimum absolute atomic E-state index is 0.612. The van der Waals surface area contributed by atoms with Crippen LogP contribution in [0.25, 0.3) is 0 Å². The highest BCUT2D eigenvalue weighted by molar-refractivity contribution is 5.11. The maximum absolute atomic E-state index is 4.57. The third-order valence-corrected chi connectivity index (χ3v) is 4.74. The second-order valence-corrected chi connectivity index (χ2v) is 6.29. The van der Waals surface area contributed by atoms with Crippen molar-refractivity contribution in [3.05, 3.63) is 17.5 Å². The van der Waals surface area contributed by atoms with Gasteiger partial charge in [-0.2, -0.15) is 5.10 Å². The molecule has 1 aliphatic carbocycles. The zero-order chi connectivity index (χ0) is 14.4. The van der Waals surface area contributed by atoms with Gasteiger partial charge >= 0.3 is 0 Å². The fourth-order valence-corrected chi connectivity index (χ4v) is 3.49. The molecule has 1 N–H and O–H groups in total. The van der Waals surface area contributed by atoms with Gasteiger partial charge in [-0.15, -0.1) is 0 Å². The second kappa shape index (κ2) is 7.82. The highest BCUT2D eigenvalue weighted by atomic mass is 15.3. The predicted octanol–water partition coefficient (Wildman–Crippen LogP) is 3.47. The molecule has 1 atom stereocenters. The first-order chi connectivity index (χ1) is 9.72. The van der Waals surface area contributed by atoms with E-state index < -0.39 is 0 Å². The normalized spacial score (nSPS) is 17.8. The van der Waals surface area contributed by atoms with Gasteiger partial charge in [-0.1, -0.05) is 39.5 Å². The summed E-state index contributed by atoms with van der Waals surface area (Å²) in [5.74, 6) is 0.994. The molecule has 0 aromatic carbocycles. The van der Waals surface area contributed by atoms with Crippen LogP contribution in [0.5, 0.6) is 0 Å². The van der Waals surface area contributed by atoms with E-state index in [2.05, 4.69) is 42.1 Å². The summed E-state index contributed by atoms with van der Waals surface area (Å²) in [5, 5.41) is 8.24. The van der Waals surface area contributed by atoms with Crippen molar-refractivity contribution in [3.8, 4) is 0 Å². The molecule has 0 radical (unpaired) electrons. The van der Waals surface area contributed by atoms with Crippen molar-refractivity contribution in [1.29, 1.82) is 0 Å². The van der Waals surface area contributed by atoms with Crippen molar-refractivity contribution in [2.24, 2.45) is 13.0 Å². The van der Waals surface area contributed by atoms with Crippen molar-refractivity contribution >= 4 is 0 Å². The summed E-state index contributed by atoms with van der Waals surface area (Å²) in [5.41, 5.74) is 2.59. The first-order valence-electron chi connectivity index (χ1n) is 8.48. The summed E-state index contributed by atoms with van der Waals surface area (Å²) >= 11 is 0. The summed E-state index contributed by atoms with van der Waals surface area (Å²) in [4.78, 5) is 0. The lowest BCUT2D eigenvalue weighted by molar-refractivity contribution is 0.402. The fourth-order valence-electron chi connectivity index (χ4n) is 3.49. The number of rotatable bonds is 8. The standard InChI is InChI=1S/C17H31N3/c1-4-15-12-17(20(3)19-15)13-16(18-5-2)11-10-14-8-6-7-9-14/h12,14,16,18H,4-11,13H2,1-3H3. The predicted molar refractivity (Wildman–Crippen MR) is 84.9 cm³/mol. The summed E-state index contributed by atoms with van der Waals surface area (Å²) in [6.07, 6.45) is 10.7. The Balaban J connectivity index is 1.88. The SMILES string of the molecule is CCNC(CCC1CCCC1)Cc1cc(CC)nn1C. The molecule has 114 valence electrons. The monoisotopic (exact) mass is 277 g/mol. The van der Waals surface area contributed by atoms with Crippen molar-refractivity contribution in [2.75, 3.05) is 6.54 Å². The molecule has 2 rings (SSSR count). The van der Waals surface area contributed by atoms with E-state index in [1.807, 2.05) is 0 Å². The minimum Gasteiger partial charge on any atom is -0.314 e. The van der Waals surface area contributed by atoms with Gasteiger partial charge in [0.05, 0.1) is 5.69 Å². The summed E-state index contributed by atoms with van der Waals surface area (Å²) in [7, 11) is 2.08. The molecular weight excluding hydrogens is 246 g/mol. The Morgan fingerprint density at radius 1 is 1.35 bits per heavy atom. The summed E-state index contributed by atoms with van der Waals surface area (Å²) < 4.78 is 2.07. The van der Waals surface area contributed by atoms with E-state index in [4.69, 9.17) is 0 Å². The first-order valence-corrected chi connectivity index (χ1v) is 8.48. The van der Waals surface area contributed by atoms with Gasteiger partial charge in [-0.05, 0) is 37.8 Å². The Kier molecular flexibility index (Phi) is 6.08.